The number of benzene rings is 1. The lowest BCUT2D eigenvalue weighted by atomic mass is 9.87. The minimum Gasteiger partial charge on any atom is -0.468 e. The van der Waals surface area contributed by atoms with Gasteiger partial charge >= 0.3 is 6.18 Å². The molecule has 0 aliphatic rings. The number of alkyl halides is 3. The lowest BCUT2D eigenvalue weighted by Gasteiger charge is -2.31. The smallest absolute Gasteiger partial charge is 0.417 e. The van der Waals surface area contributed by atoms with Gasteiger partial charge in [-0.15, -0.1) is 0 Å². The van der Waals surface area contributed by atoms with E-state index in [1.165, 1.54) is 27.5 Å². The van der Waals surface area contributed by atoms with Crippen molar-refractivity contribution < 1.29 is 42.1 Å². The van der Waals surface area contributed by atoms with Gasteiger partial charge in [-0.2, -0.15) is 21.5 Å². The summed E-state index contributed by atoms with van der Waals surface area (Å²) in [6, 6.07) is 2.17. The lowest BCUT2D eigenvalue weighted by Crippen LogP contribution is -2.48. The maximum atomic E-state index is 16.3. The minimum absolute atomic E-state index is 0.152. The van der Waals surface area contributed by atoms with Crippen molar-refractivity contribution in [3.8, 4) is 17.1 Å². The number of pyridine rings is 1. The third-order valence-electron chi connectivity index (χ3n) is 6.56. The van der Waals surface area contributed by atoms with Crippen molar-refractivity contribution in [2.45, 2.75) is 57.6 Å². The van der Waals surface area contributed by atoms with E-state index in [2.05, 4.69) is 20.7 Å². The number of nitrogens with one attached hydrogen (secondary N) is 2. The van der Waals surface area contributed by atoms with Crippen molar-refractivity contribution in [1.82, 2.24) is 20.1 Å². The van der Waals surface area contributed by atoms with Crippen LogP contribution in [0.2, 0.25) is 0 Å². The molecule has 240 valence electrons. The third kappa shape index (κ3) is 8.40. The number of unbranched alkanes of at least 4 members (excludes halogenated alkanes) is 1. The van der Waals surface area contributed by atoms with Crippen LogP contribution < -0.4 is 24.4 Å². The van der Waals surface area contributed by atoms with Gasteiger partial charge in [0.2, 0.25) is 5.88 Å². The molecule has 0 aliphatic carbocycles. The molecule has 7 N–H and O–H groups in total. The van der Waals surface area contributed by atoms with Crippen LogP contribution in [0.3, 0.4) is 0 Å². The van der Waals surface area contributed by atoms with Gasteiger partial charge in [0.05, 0.1) is 46.4 Å². The second-order valence-electron chi connectivity index (χ2n) is 10.0. The number of aliphatic hydroxyl groups is 2. The average molecular weight is 739 g/mol. The molecule has 11 nitrogen and oxygen atoms in total. The summed E-state index contributed by atoms with van der Waals surface area (Å²) in [5.74, 6) is -3.47. The molecular formula is C26H32BF5IN7O4. The molecule has 44 heavy (non-hydrogen) atoms. The van der Waals surface area contributed by atoms with E-state index in [0.29, 0.717) is 21.6 Å². The Labute approximate surface area is 265 Å². The molecule has 2 radical (unpaired) electrons. The molecule has 0 spiro atoms. The number of halogens is 6. The molecule has 1 atom stereocenters. The summed E-state index contributed by atoms with van der Waals surface area (Å²) < 4.78 is 81.2. The zero-order valence-corrected chi connectivity index (χ0v) is 26.2. The Morgan fingerprint density at radius 2 is 1.91 bits per heavy atom. The first-order valence-electron chi connectivity index (χ1n) is 13.3. The van der Waals surface area contributed by atoms with E-state index in [1.54, 1.807) is 19.3 Å². The Morgan fingerprint density at radius 1 is 1.23 bits per heavy atom. The lowest BCUT2D eigenvalue weighted by molar-refractivity contribution is -0.153. The highest BCUT2D eigenvalue weighted by Crippen LogP contribution is 2.47. The third-order valence-corrected chi connectivity index (χ3v) is 7.05. The van der Waals surface area contributed by atoms with E-state index < -0.39 is 74.9 Å². The van der Waals surface area contributed by atoms with Gasteiger partial charge in [-0.25, -0.2) is 13.8 Å². The van der Waals surface area contributed by atoms with E-state index >= 15 is 4.39 Å². The zero-order valence-electron chi connectivity index (χ0n) is 24.0. The van der Waals surface area contributed by atoms with Crippen LogP contribution in [0.5, 0.6) is 5.88 Å². The van der Waals surface area contributed by atoms with Crippen LogP contribution in [-0.4, -0.2) is 62.9 Å². The second kappa shape index (κ2) is 14.4. The first-order chi connectivity index (χ1) is 20.5. The van der Waals surface area contributed by atoms with Gasteiger partial charge in [-0.05, 0) is 44.1 Å². The highest BCUT2D eigenvalue weighted by atomic mass is 127. The summed E-state index contributed by atoms with van der Waals surface area (Å²) in [5, 5.41) is 40.9. The van der Waals surface area contributed by atoms with Crippen LogP contribution >= 0.6 is 22.9 Å². The summed E-state index contributed by atoms with van der Waals surface area (Å²) in [6.07, 6.45) is -3.69. The summed E-state index contributed by atoms with van der Waals surface area (Å²) in [6.45, 7) is 3.39. The van der Waals surface area contributed by atoms with Crippen molar-refractivity contribution in [2.75, 3.05) is 27.4 Å². The number of anilines is 3. The molecule has 1 unspecified atom stereocenters. The van der Waals surface area contributed by atoms with Gasteiger partial charge < -0.3 is 31.3 Å². The predicted octanol–water partition coefficient (Wildman–Crippen LogP) is 4.16. The maximum absolute atomic E-state index is 16.3. The fraction of sp³-hybridized carbons (Fsp3) is 0.462. The van der Waals surface area contributed by atoms with E-state index in [0.717, 1.165) is 19.8 Å². The van der Waals surface area contributed by atoms with Crippen LogP contribution in [0, 0.1) is 18.6 Å². The number of nitrogen functional groups attached to an aromatic ring is 1. The Morgan fingerprint density at radius 3 is 2.45 bits per heavy atom. The molecule has 0 fully saturated rings. The van der Waals surface area contributed by atoms with Gasteiger partial charge in [0, 0.05) is 25.2 Å². The molecule has 0 amide bonds. The molecule has 2 heterocycles. The Bertz CT molecular complexity index is 1450. The zero-order chi connectivity index (χ0) is 33.0. The number of nitrogens with zero attached hydrogens (tertiary/aromatic N) is 4. The molecule has 18 heteroatoms. The molecule has 3 rings (SSSR count). The van der Waals surface area contributed by atoms with Crippen molar-refractivity contribution in [2.24, 2.45) is 7.05 Å². The van der Waals surface area contributed by atoms with Crippen molar-refractivity contribution >= 4 is 47.8 Å². The highest BCUT2D eigenvalue weighted by Gasteiger charge is 2.40. The van der Waals surface area contributed by atoms with Gasteiger partial charge in [0.1, 0.15) is 29.0 Å². The molecule has 3 aromatic rings. The summed E-state index contributed by atoms with van der Waals surface area (Å²) in [4.78, 5) is 3.94. The summed E-state index contributed by atoms with van der Waals surface area (Å²) in [5.41, 5.74) is -3.15. The van der Waals surface area contributed by atoms with Crippen molar-refractivity contribution in [3.63, 3.8) is 0 Å². The number of nitrogens with two attached hydrogens (primary N) is 1. The van der Waals surface area contributed by atoms with E-state index in [-0.39, 0.29) is 19.5 Å². The highest BCUT2D eigenvalue weighted by molar-refractivity contribution is 14.1. The van der Waals surface area contributed by atoms with E-state index in [1.807, 2.05) is 6.92 Å². The molecule has 1 aromatic carbocycles. The van der Waals surface area contributed by atoms with Crippen molar-refractivity contribution in [3.05, 3.63) is 46.8 Å². The van der Waals surface area contributed by atoms with Crippen LogP contribution in [0.25, 0.3) is 11.3 Å². The number of hydrogen-bond donors (Lipinski definition) is 6. The van der Waals surface area contributed by atoms with E-state index in [9.17, 15) is 33.0 Å². The number of aryl methyl sites for hydroxylation is 1. The molecular weight excluding hydrogens is 707 g/mol. The van der Waals surface area contributed by atoms with E-state index in [4.69, 9.17) is 18.3 Å². The Balaban J connectivity index is 2.27. The molecule has 2 aromatic heterocycles. The van der Waals surface area contributed by atoms with Gasteiger partial charge in [-0.3, -0.25) is 9.89 Å². The second-order valence-corrected chi connectivity index (χ2v) is 10.9. The number of rotatable bonds is 14. The monoisotopic (exact) mass is 739 g/mol. The first kappa shape index (κ1) is 35.5. The normalized spacial score (nSPS) is 12.8. The fourth-order valence-corrected chi connectivity index (χ4v) is 4.83. The van der Waals surface area contributed by atoms with Crippen LogP contribution in [0.1, 0.15) is 43.0 Å². The Hall–Kier alpha value is -2.94. The van der Waals surface area contributed by atoms with Gasteiger partial charge in [-0.1, -0.05) is 13.3 Å². The maximum Gasteiger partial charge on any atom is 0.417 e. The van der Waals surface area contributed by atoms with Crippen molar-refractivity contribution in [1.29, 1.82) is 0 Å². The van der Waals surface area contributed by atoms with Gasteiger partial charge in [0.15, 0.2) is 19.4 Å². The minimum atomic E-state index is -5.18. The SMILES string of the molecule is [B]C(O)(O)C(CCNCCCC)Oc1nc(-c2cc(N)c(F)c(C)c2C(F)(F)F)c(F)c(NCc2ccn(C)n2)c1N(O)I. The molecule has 0 saturated heterocycles. The molecule has 0 bridgehead atoms. The fourth-order valence-electron chi connectivity index (χ4n) is 4.39. The average Bonchev–Trinajstić information content (AvgIpc) is 3.33. The topological polar surface area (TPSA) is 154 Å². The first-order valence-corrected chi connectivity index (χ1v) is 14.3. The number of hydrogen-bond acceptors (Lipinski definition) is 10. The number of ether oxygens (including phenoxy) is 1. The summed E-state index contributed by atoms with van der Waals surface area (Å²) >= 11 is 1.33. The quantitative estimate of drug-likeness (QED) is 0.0208. The molecule has 0 aliphatic heterocycles. The Kier molecular flexibility index (Phi) is 11.7. The van der Waals surface area contributed by atoms with Crippen LogP contribution in [0.4, 0.5) is 39.0 Å². The standard InChI is InChI=1S/C26H32BF5IN7O4/c1-4-5-8-35-9-6-17(25(27,41)42)44-24-23(40(33)43)22(36-12-14-7-10-39(3)38-14)20(29)21(37-24)15-11-16(34)19(28)13(2)18(15)26(30,31)32/h7,10-11,17,35,41-43H,4-6,8-9,12,34H2,1-3H3,(H,36,37). The van der Waals surface area contributed by atoms with Gasteiger partial charge in [0.25, 0.3) is 0 Å². The predicted molar refractivity (Wildman–Crippen MR) is 162 cm³/mol. The van der Waals surface area contributed by atoms with Crippen LogP contribution in [-0.2, 0) is 19.8 Å². The molecule has 0 saturated carbocycles. The number of aromatic nitrogens is 3. The largest absolute Gasteiger partial charge is 0.468 e. The summed E-state index contributed by atoms with van der Waals surface area (Å²) in [7, 11) is 7.16. The van der Waals surface area contributed by atoms with Crippen LogP contribution in [0.15, 0.2) is 18.3 Å².